The molecule has 6 atom stereocenters. The molecule has 0 aromatic heterocycles. The van der Waals surface area contributed by atoms with Gasteiger partial charge in [0.15, 0.2) is 0 Å². The van der Waals surface area contributed by atoms with Crippen LogP contribution in [-0.4, -0.2) is 86.0 Å². The van der Waals surface area contributed by atoms with Crippen LogP contribution in [0.15, 0.2) is 55.6 Å². The second-order valence-corrected chi connectivity index (χ2v) is 15.0. The van der Waals surface area contributed by atoms with Gasteiger partial charge in [-0.2, -0.15) is 0 Å². The molecule has 2 bridgehead atoms. The third-order valence-electron chi connectivity index (χ3n) is 9.94. The molecule has 0 radical (unpaired) electrons. The maximum Gasteiger partial charge on any atom is 0.249 e. The summed E-state index contributed by atoms with van der Waals surface area (Å²) in [6, 6.07) is 8.22. The Kier molecular flexibility index (Phi) is 9.58. The molecule has 3 heterocycles. The number of nitrogens with zero attached hydrogens (tertiary/aromatic N) is 3. The monoisotopic (exact) mass is 607 g/mol. The quantitative estimate of drug-likeness (QED) is 0.320. The Labute approximate surface area is 264 Å². The van der Waals surface area contributed by atoms with Gasteiger partial charge in [0.25, 0.3) is 0 Å². The summed E-state index contributed by atoms with van der Waals surface area (Å²) in [6.07, 6.45) is 5.66. The predicted octanol–water partition coefficient (Wildman–Crippen LogP) is 4.97. The number of hydrogen-bond acceptors (Lipinski definition) is 5. The third-order valence-corrected chi connectivity index (χ3v) is 9.94. The lowest BCUT2D eigenvalue weighted by atomic mass is 9.66. The highest BCUT2D eigenvalue weighted by Crippen LogP contribution is 2.64. The SMILES string of the molecule is C=CCN(Cc1ccccc1)C(=O)[C@@H]1[C@H]2C(=O)N([C@@H](CC)CO)C(C(=O)N(CC=C)C(C)(C)CC(C)(C)C)C23CC[C@@]1(C)O3. The van der Waals surface area contributed by atoms with E-state index in [1.807, 2.05) is 49.1 Å². The van der Waals surface area contributed by atoms with E-state index in [-0.39, 0.29) is 29.7 Å². The van der Waals surface area contributed by atoms with Crippen molar-refractivity contribution in [2.24, 2.45) is 17.3 Å². The highest BCUT2D eigenvalue weighted by atomic mass is 16.5. The maximum atomic E-state index is 15.0. The normalized spacial score (nSPS) is 28.5. The molecule has 0 aliphatic carbocycles. The summed E-state index contributed by atoms with van der Waals surface area (Å²) >= 11 is 0. The van der Waals surface area contributed by atoms with Gasteiger partial charge in [-0.3, -0.25) is 14.4 Å². The average Bonchev–Trinajstić information content (AvgIpc) is 3.51. The molecule has 3 aliphatic heterocycles. The molecule has 3 amide bonds. The van der Waals surface area contributed by atoms with Gasteiger partial charge in [0.05, 0.1) is 30.1 Å². The average molecular weight is 608 g/mol. The van der Waals surface area contributed by atoms with Gasteiger partial charge in [-0.05, 0) is 57.4 Å². The van der Waals surface area contributed by atoms with E-state index in [9.17, 15) is 19.5 Å². The van der Waals surface area contributed by atoms with Crippen LogP contribution in [0.2, 0.25) is 0 Å². The van der Waals surface area contributed by atoms with Crippen LogP contribution in [-0.2, 0) is 25.7 Å². The van der Waals surface area contributed by atoms with Crippen molar-refractivity contribution in [2.75, 3.05) is 19.7 Å². The molecule has 1 aromatic carbocycles. The fraction of sp³-hybridized carbons (Fsp3) is 0.639. The lowest BCUT2D eigenvalue weighted by Crippen LogP contribution is -2.62. The zero-order valence-electron chi connectivity index (χ0n) is 27.8. The number of aliphatic hydroxyl groups excluding tert-OH is 1. The van der Waals surface area contributed by atoms with Gasteiger partial charge in [0.2, 0.25) is 17.7 Å². The topological polar surface area (TPSA) is 90.4 Å². The molecule has 0 saturated carbocycles. The molecule has 8 heteroatoms. The fourth-order valence-corrected chi connectivity index (χ4v) is 8.52. The lowest BCUT2D eigenvalue weighted by Gasteiger charge is -2.46. The number of carbonyl (C=O) groups is 3. The Morgan fingerprint density at radius 2 is 1.73 bits per heavy atom. The standard InChI is InChI=1S/C36H53N3O5/c1-10-20-37(22-25-16-14-13-15-17-25)30(41)27-28-31(42)39(26(12-3)23-40)29(36(28)19-18-35(27,9)44-36)32(43)38(21-11-2)34(7,8)24-33(4,5)6/h10-11,13-17,26-29,40H,1-2,12,18-24H2,3-9H3/t26-,27-,28-,29?,35+,36?/m0/s1. The van der Waals surface area contributed by atoms with Crippen LogP contribution in [0.25, 0.3) is 0 Å². The summed E-state index contributed by atoms with van der Waals surface area (Å²) in [5, 5.41) is 10.5. The Morgan fingerprint density at radius 1 is 1.09 bits per heavy atom. The number of carbonyl (C=O) groups excluding carboxylic acids is 3. The fourth-order valence-electron chi connectivity index (χ4n) is 8.52. The van der Waals surface area contributed by atoms with Crippen LogP contribution in [0.3, 0.4) is 0 Å². The van der Waals surface area contributed by atoms with E-state index in [0.717, 1.165) is 12.0 Å². The Morgan fingerprint density at radius 3 is 2.27 bits per heavy atom. The Bertz CT molecular complexity index is 1250. The van der Waals surface area contributed by atoms with Gasteiger partial charge in [0.1, 0.15) is 11.6 Å². The molecule has 8 nitrogen and oxygen atoms in total. The minimum absolute atomic E-state index is 0.0626. The van der Waals surface area contributed by atoms with Crippen molar-refractivity contribution in [1.82, 2.24) is 14.7 Å². The number of fused-ring (bicyclic) bond motifs is 1. The zero-order valence-corrected chi connectivity index (χ0v) is 27.8. The van der Waals surface area contributed by atoms with Crippen molar-refractivity contribution in [3.63, 3.8) is 0 Å². The summed E-state index contributed by atoms with van der Waals surface area (Å²) in [4.78, 5) is 49.3. The molecule has 3 fully saturated rings. The number of hydrogen-bond donors (Lipinski definition) is 1. The van der Waals surface area contributed by atoms with E-state index in [1.165, 1.54) is 0 Å². The molecular formula is C36H53N3O5. The summed E-state index contributed by atoms with van der Waals surface area (Å²) in [6.45, 7) is 22.9. The predicted molar refractivity (Wildman–Crippen MR) is 172 cm³/mol. The van der Waals surface area contributed by atoms with E-state index < -0.39 is 40.7 Å². The van der Waals surface area contributed by atoms with Gasteiger partial charge >= 0.3 is 0 Å². The van der Waals surface area contributed by atoms with Gasteiger partial charge in [0, 0.05) is 25.2 Å². The van der Waals surface area contributed by atoms with E-state index in [1.54, 1.807) is 22.0 Å². The molecule has 3 saturated heterocycles. The van der Waals surface area contributed by atoms with Crippen molar-refractivity contribution in [3.05, 3.63) is 61.2 Å². The molecule has 4 rings (SSSR count). The second-order valence-electron chi connectivity index (χ2n) is 15.0. The molecule has 3 aliphatic rings. The third kappa shape index (κ3) is 5.87. The zero-order chi connectivity index (χ0) is 32.7. The van der Waals surface area contributed by atoms with Gasteiger partial charge in [-0.15, -0.1) is 13.2 Å². The van der Waals surface area contributed by atoms with E-state index >= 15 is 0 Å². The molecule has 1 aromatic rings. The smallest absolute Gasteiger partial charge is 0.249 e. The Balaban J connectivity index is 1.81. The van der Waals surface area contributed by atoms with Crippen LogP contribution in [0.5, 0.6) is 0 Å². The van der Waals surface area contributed by atoms with Gasteiger partial charge in [-0.25, -0.2) is 0 Å². The molecule has 242 valence electrons. The van der Waals surface area contributed by atoms with Crippen molar-refractivity contribution >= 4 is 17.7 Å². The number of rotatable bonds is 13. The van der Waals surface area contributed by atoms with Crippen molar-refractivity contribution in [2.45, 2.75) is 110 Å². The van der Waals surface area contributed by atoms with Crippen LogP contribution < -0.4 is 0 Å². The van der Waals surface area contributed by atoms with Crippen LogP contribution in [0.1, 0.15) is 79.7 Å². The molecule has 44 heavy (non-hydrogen) atoms. The second kappa shape index (κ2) is 12.4. The van der Waals surface area contributed by atoms with Crippen molar-refractivity contribution < 1.29 is 24.2 Å². The summed E-state index contributed by atoms with van der Waals surface area (Å²) in [5.41, 5.74) is -1.71. The minimum atomic E-state index is -1.17. The Hall–Kier alpha value is -2.97. The molecule has 1 spiro atoms. The van der Waals surface area contributed by atoms with E-state index in [2.05, 4.69) is 47.8 Å². The minimum Gasteiger partial charge on any atom is -0.394 e. The first-order valence-corrected chi connectivity index (χ1v) is 16.1. The van der Waals surface area contributed by atoms with Gasteiger partial charge < -0.3 is 24.5 Å². The molecule has 2 unspecified atom stereocenters. The highest BCUT2D eigenvalue weighted by molar-refractivity contribution is 5.99. The number of amides is 3. The number of likely N-dealkylation sites (tertiary alicyclic amines) is 1. The molecule has 1 N–H and O–H groups in total. The first-order valence-electron chi connectivity index (χ1n) is 16.1. The van der Waals surface area contributed by atoms with Crippen molar-refractivity contribution in [3.8, 4) is 0 Å². The highest BCUT2D eigenvalue weighted by Gasteiger charge is 2.79. The number of benzene rings is 1. The first kappa shape index (κ1) is 33.9. The van der Waals surface area contributed by atoms with E-state index in [4.69, 9.17) is 4.74 Å². The van der Waals surface area contributed by atoms with Gasteiger partial charge in [-0.1, -0.05) is 70.2 Å². The van der Waals surface area contributed by atoms with E-state index in [0.29, 0.717) is 38.9 Å². The summed E-state index contributed by atoms with van der Waals surface area (Å²) < 4.78 is 6.91. The summed E-state index contributed by atoms with van der Waals surface area (Å²) in [5.74, 6) is -2.26. The molecular weight excluding hydrogens is 554 g/mol. The maximum absolute atomic E-state index is 15.0. The first-order chi connectivity index (χ1) is 20.6. The van der Waals surface area contributed by atoms with Crippen LogP contribution >= 0.6 is 0 Å². The van der Waals surface area contributed by atoms with Crippen molar-refractivity contribution in [1.29, 1.82) is 0 Å². The van der Waals surface area contributed by atoms with Crippen LogP contribution in [0, 0.1) is 17.3 Å². The lowest BCUT2D eigenvalue weighted by molar-refractivity contribution is -0.160. The summed E-state index contributed by atoms with van der Waals surface area (Å²) in [7, 11) is 0. The number of aliphatic hydroxyl groups is 1. The largest absolute Gasteiger partial charge is 0.394 e. The number of ether oxygens (including phenoxy) is 1. The van der Waals surface area contributed by atoms with Crippen LogP contribution in [0.4, 0.5) is 0 Å².